The number of hydrogen-bond acceptors (Lipinski definition) is 4. The lowest BCUT2D eigenvalue weighted by atomic mass is 10.0. The van der Waals surface area contributed by atoms with E-state index in [2.05, 4.69) is 10.4 Å². The average Bonchev–Trinajstić information content (AvgIpc) is 3.38. The molecule has 0 radical (unpaired) electrons. The maximum atomic E-state index is 13.6. The van der Waals surface area contributed by atoms with Gasteiger partial charge in [-0.1, -0.05) is 71.7 Å². The summed E-state index contributed by atoms with van der Waals surface area (Å²) in [5.41, 5.74) is 3.53. The van der Waals surface area contributed by atoms with Crippen molar-refractivity contribution in [2.45, 2.75) is 0 Å². The van der Waals surface area contributed by atoms with E-state index in [0.29, 0.717) is 47.6 Å². The summed E-state index contributed by atoms with van der Waals surface area (Å²) < 4.78 is 7.20. The van der Waals surface area contributed by atoms with E-state index in [1.165, 1.54) is 0 Å². The number of carbonyl (C=O) groups is 2. The van der Waals surface area contributed by atoms with Crippen molar-refractivity contribution in [2.75, 3.05) is 31.6 Å². The molecule has 1 fully saturated rings. The Bertz CT molecular complexity index is 1480. The summed E-state index contributed by atoms with van der Waals surface area (Å²) in [4.78, 5) is 28.8. The highest BCUT2D eigenvalue weighted by molar-refractivity contribution is 6.42. The van der Waals surface area contributed by atoms with Gasteiger partial charge in [-0.05, 0) is 36.4 Å². The van der Waals surface area contributed by atoms with Crippen LogP contribution >= 0.6 is 23.2 Å². The van der Waals surface area contributed by atoms with E-state index in [-0.39, 0.29) is 5.57 Å². The number of nitrogens with one attached hydrogen (secondary N) is 1. The summed E-state index contributed by atoms with van der Waals surface area (Å²) in [5, 5.41) is 8.07. The first-order valence-electron chi connectivity index (χ1n) is 12.1. The van der Waals surface area contributed by atoms with E-state index in [4.69, 9.17) is 27.9 Å². The first-order chi connectivity index (χ1) is 18.5. The lowest BCUT2D eigenvalue weighted by Gasteiger charge is -2.27. The van der Waals surface area contributed by atoms with Gasteiger partial charge in [0.15, 0.2) is 0 Å². The molecule has 2 heterocycles. The van der Waals surface area contributed by atoms with Gasteiger partial charge >= 0.3 is 0 Å². The first kappa shape index (κ1) is 25.7. The van der Waals surface area contributed by atoms with Crippen LogP contribution in [0.4, 0.5) is 5.69 Å². The van der Waals surface area contributed by atoms with Crippen molar-refractivity contribution in [1.29, 1.82) is 0 Å². The van der Waals surface area contributed by atoms with Crippen LogP contribution in [0.2, 0.25) is 10.0 Å². The van der Waals surface area contributed by atoms with Crippen molar-refractivity contribution < 1.29 is 14.3 Å². The number of morpholine rings is 1. The van der Waals surface area contributed by atoms with Gasteiger partial charge in [0.1, 0.15) is 5.57 Å². The molecule has 0 spiro atoms. The summed E-state index contributed by atoms with van der Waals surface area (Å²) in [6.45, 7) is 1.61. The zero-order valence-electron chi connectivity index (χ0n) is 20.3. The quantitative estimate of drug-likeness (QED) is 0.190. The van der Waals surface area contributed by atoms with E-state index >= 15 is 0 Å². The van der Waals surface area contributed by atoms with Crippen LogP contribution in [-0.2, 0) is 14.3 Å². The Morgan fingerprint density at radius 2 is 1.58 bits per heavy atom. The number of nitrogens with zero attached hydrogens (tertiary/aromatic N) is 3. The molecule has 1 aliphatic heterocycles. The third-order valence-electron chi connectivity index (χ3n) is 6.10. The molecule has 2 amide bonds. The lowest BCUT2D eigenvalue weighted by Crippen LogP contribution is -2.43. The SMILES string of the molecule is O=C(Nc1ccc(Cl)c(Cl)c1)C(=Cc1cnn(-c2ccccc2)c1-c1ccccc1)C(=O)N1CCOCC1. The molecule has 1 N–H and O–H groups in total. The minimum Gasteiger partial charge on any atom is -0.378 e. The van der Waals surface area contributed by atoms with Crippen LogP contribution in [0.15, 0.2) is 90.6 Å². The summed E-state index contributed by atoms with van der Waals surface area (Å²) in [5.74, 6) is -0.955. The zero-order valence-corrected chi connectivity index (χ0v) is 21.8. The van der Waals surface area contributed by atoms with Crippen LogP contribution in [0.1, 0.15) is 5.56 Å². The molecule has 192 valence electrons. The van der Waals surface area contributed by atoms with Gasteiger partial charge in [0.05, 0.1) is 40.8 Å². The van der Waals surface area contributed by atoms with Crippen molar-refractivity contribution in [3.63, 3.8) is 0 Å². The fraction of sp³-hybridized carbons (Fsp3) is 0.138. The molecule has 0 atom stereocenters. The van der Waals surface area contributed by atoms with E-state index in [9.17, 15) is 9.59 Å². The van der Waals surface area contributed by atoms with Gasteiger partial charge in [0.2, 0.25) is 0 Å². The minimum absolute atomic E-state index is 0.0252. The maximum Gasteiger partial charge on any atom is 0.261 e. The van der Waals surface area contributed by atoms with E-state index in [0.717, 1.165) is 16.9 Å². The van der Waals surface area contributed by atoms with Gasteiger partial charge in [-0.2, -0.15) is 5.10 Å². The number of rotatable bonds is 6. The third kappa shape index (κ3) is 5.65. The van der Waals surface area contributed by atoms with E-state index in [1.807, 2.05) is 60.7 Å². The Labute approximate surface area is 230 Å². The standard InChI is InChI=1S/C29H24Cl2N4O3/c30-25-12-11-22(18-26(25)31)33-28(36)24(29(37)34-13-15-38-16-14-34)17-21-19-32-35(23-9-5-2-6-10-23)27(21)20-7-3-1-4-8-20/h1-12,17-19H,13-16H2,(H,33,36). The van der Waals surface area contributed by atoms with Gasteiger partial charge in [0.25, 0.3) is 11.8 Å². The molecule has 0 bridgehead atoms. The van der Waals surface area contributed by atoms with Crippen molar-refractivity contribution in [3.8, 4) is 16.9 Å². The summed E-state index contributed by atoms with van der Waals surface area (Å²) in [6.07, 6.45) is 3.26. The third-order valence-corrected chi connectivity index (χ3v) is 6.84. The number of para-hydroxylation sites is 1. The van der Waals surface area contributed by atoms with Crippen LogP contribution in [0.25, 0.3) is 23.0 Å². The fourth-order valence-electron chi connectivity index (χ4n) is 4.21. The van der Waals surface area contributed by atoms with Crippen molar-refractivity contribution >= 4 is 46.8 Å². The predicted octanol–water partition coefficient (Wildman–Crippen LogP) is 5.73. The van der Waals surface area contributed by atoms with Gasteiger partial charge in [-0.25, -0.2) is 4.68 Å². The average molecular weight is 547 g/mol. The lowest BCUT2D eigenvalue weighted by molar-refractivity contribution is -0.132. The van der Waals surface area contributed by atoms with Crippen LogP contribution in [0.5, 0.6) is 0 Å². The second-order valence-corrected chi connectivity index (χ2v) is 9.42. The number of hydrogen-bond donors (Lipinski definition) is 1. The second-order valence-electron chi connectivity index (χ2n) is 8.61. The maximum absolute atomic E-state index is 13.6. The zero-order chi connectivity index (χ0) is 26.5. The van der Waals surface area contributed by atoms with Crippen LogP contribution in [0.3, 0.4) is 0 Å². The largest absolute Gasteiger partial charge is 0.378 e. The fourth-order valence-corrected chi connectivity index (χ4v) is 4.50. The van der Waals surface area contributed by atoms with Gasteiger partial charge < -0.3 is 15.0 Å². The van der Waals surface area contributed by atoms with E-state index in [1.54, 1.807) is 40.1 Å². The normalized spacial score (nSPS) is 13.8. The van der Waals surface area contributed by atoms with Crippen LogP contribution < -0.4 is 5.32 Å². The number of anilines is 1. The molecule has 4 aromatic rings. The van der Waals surface area contributed by atoms with Crippen molar-refractivity contribution in [2.24, 2.45) is 0 Å². The predicted molar refractivity (Wildman–Crippen MR) is 149 cm³/mol. The molecule has 0 aliphatic carbocycles. The monoisotopic (exact) mass is 546 g/mol. The summed E-state index contributed by atoms with van der Waals surface area (Å²) in [7, 11) is 0. The number of amides is 2. The summed E-state index contributed by atoms with van der Waals surface area (Å²) in [6, 6.07) is 24.2. The minimum atomic E-state index is -0.564. The second kappa shape index (κ2) is 11.6. The molecule has 7 nitrogen and oxygen atoms in total. The number of aromatic nitrogens is 2. The molecule has 0 unspecified atom stereocenters. The molecular formula is C29H24Cl2N4O3. The number of ether oxygens (including phenoxy) is 1. The molecule has 0 saturated carbocycles. The molecule has 1 saturated heterocycles. The van der Waals surface area contributed by atoms with Crippen LogP contribution in [0, 0.1) is 0 Å². The van der Waals surface area contributed by atoms with Gasteiger partial charge in [0, 0.05) is 29.9 Å². The topological polar surface area (TPSA) is 76.5 Å². The molecule has 9 heteroatoms. The van der Waals surface area contributed by atoms with Crippen molar-refractivity contribution in [1.82, 2.24) is 14.7 Å². The Morgan fingerprint density at radius 3 is 2.26 bits per heavy atom. The molecule has 1 aliphatic rings. The molecule has 38 heavy (non-hydrogen) atoms. The Kier molecular flexibility index (Phi) is 7.89. The van der Waals surface area contributed by atoms with Gasteiger partial charge in [-0.15, -0.1) is 0 Å². The Balaban J connectivity index is 1.60. The Morgan fingerprint density at radius 1 is 0.895 bits per heavy atom. The molecule has 1 aromatic heterocycles. The Hall–Kier alpha value is -3.91. The number of halogens is 2. The smallest absolute Gasteiger partial charge is 0.261 e. The van der Waals surface area contributed by atoms with E-state index < -0.39 is 11.8 Å². The summed E-state index contributed by atoms with van der Waals surface area (Å²) >= 11 is 12.2. The molecular weight excluding hydrogens is 523 g/mol. The van der Waals surface area contributed by atoms with Gasteiger partial charge in [-0.3, -0.25) is 9.59 Å². The number of benzene rings is 3. The van der Waals surface area contributed by atoms with Crippen molar-refractivity contribution in [3.05, 3.63) is 106 Å². The molecule has 5 rings (SSSR count). The highest BCUT2D eigenvalue weighted by atomic mass is 35.5. The number of carbonyl (C=O) groups excluding carboxylic acids is 2. The van der Waals surface area contributed by atoms with Crippen LogP contribution in [-0.4, -0.2) is 52.8 Å². The molecule has 3 aromatic carbocycles. The highest BCUT2D eigenvalue weighted by Gasteiger charge is 2.27. The first-order valence-corrected chi connectivity index (χ1v) is 12.8. The highest BCUT2D eigenvalue weighted by Crippen LogP contribution is 2.30.